The molecule has 24 heavy (non-hydrogen) atoms. The van der Waals surface area contributed by atoms with Crippen molar-refractivity contribution in [1.82, 2.24) is 0 Å². The highest BCUT2D eigenvalue weighted by Gasteiger charge is 2.20. The number of aryl methyl sites for hydroxylation is 2. The molecule has 2 rings (SSSR count). The van der Waals surface area contributed by atoms with Crippen LogP contribution in [0.2, 0.25) is 0 Å². The van der Waals surface area contributed by atoms with Crippen LogP contribution in [0.4, 0.5) is 5.69 Å². The summed E-state index contributed by atoms with van der Waals surface area (Å²) in [5.74, 6) is -0.996. The summed E-state index contributed by atoms with van der Waals surface area (Å²) >= 11 is 0. The number of nitrogens with one attached hydrogen (secondary N) is 1. The Morgan fingerprint density at radius 2 is 1.92 bits per heavy atom. The average Bonchev–Trinajstić information content (AvgIpc) is 2.54. The number of amides is 1. The van der Waals surface area contributed by atoms with Crippen molar-refractivity contribution < 1.29 is 14.3 Å². The van der Waals surface area contributed by atoms with Gasteiger partial charge in [-0.05, 0) is 50.6 Å². The third-order valence-corrected chi connectivity index (χ3v) is 3.51. The van der Waals surface area contributed by atoms with E-state index < -0.39 is 18.0 Å². The minimum atomic E-state index is -0.955. The second-order valence-corrected chi connectivity index (χ2v) is 5.55. The molecule has 5 heteroatoms. The number of carbonyl (C=O) groups is 2. The number of anilines is 1. The van der Waals surface area contributed by atoms with E-state index in [0.29, 0.717) is 16.8 Å². The highest BCUT2D eigenvalue weighted by atomic mass is 16.5. The molecule has 0 heterocycles. The van der Waals surface area contributed by atoms with Crippen molar-refractivity contribution in [1.29, 1.82) is 5.26 Å². The van der Waals surface area contributed by atoms with Crippen molar-refractivity contribution in [3.05, 3.63) is 64.7 Å². The molecule has 2 aromatic rings. The van der Waals surface area contributed by atoms with Crippen molar-refractivity contribution in [2.75, 3.05) is 5.32 Å². The lowest BCUT2D eigenvalue weighted by molar-refractivity contribution is -0.123. The monoisotopic (exact) mass is 322 g/mol. The summed E-state index contributed by atoms with van der Waals surface area (Å²) < 4.78 is 5.23. The number of nitrogens with zero attached hydrogens (tertiary/aromatic N) is 1. The van der Waals surface area contributed by atoms with Gasteiger partial charge >= 0.3 is 5.97 Å². The standard InChI is InChI=1S/C19H18N2O3/c1-12-7-8-17(13(2)9-12)19(23)24-14(3)18(22)21-16-6-4-5-15(10-16)11-20/h4-10,14H,1-3H3,(H,21,22)/t14-/m0/s1. The van der Waals surface area contributed by atoms with Crippen LogP contribution >= 0.6 is 0 Å². The first-order valence-corrected chi connectivity index (χ1v) is 7.50. The zero-order valence-corrected chi connectivity index (χ0v) is 13.8. The molecule has 0 aliphatic rings. The van der Waals surface area contributed by atoms with Crippen molar-refractivity contribution in [2.24, 2.45) is 0 Å². The summed E-state index contributed by atoms with van der Waals surface area (Å²) in [6.45, 7) is 5.26. The zero-order chi connectivity index (χ0) is 17.7. The van der Waals surface area contributed by atoms with Gasteiger partial charge in [0.1, 0.15) is 0 Å². The van der Waals surface area contributed by atoms with Gasteiger partial charge in [0.15, 0.2) is 6.10 Å². The van der Waals surface area contributed by atoms with Gasteiger partial charge in [-0.3, -0.25) is 4.79 Å². The van der Waals surface area contributed by atoms with Crippen molar-refractivity contribution >= 4 is 17.6 Å². The molecule has 0 unspecified atom stereocenters. The first-order chi connectivity index (χ1) is 11.4. The van der Waals surface area contributed by atoms with Gasteiger partial charge < -0.3 is 10.1 Å². The number of benzene rings is 2. The van der Waals surface area contributed by atoms with E-state index >= 15 is 0 Å². The lowest BCUT2D eigenvalue weighted by Crippen LogP contribution is -2.30. The summed E-state index contributed by atoms with van der Waals surface area (Å²) in [6.07, 6.45) is -0.955. The van der Waals surface area contributed by atoms with E-state index in [0.717, 1.165) is 11.1 Å². The molecule has 0 aliphatic heterocycles. The first-order valence-electron chi connectivity index (χ1n) is 7.50. The van der Waals surface area contributed by atoms with Crippen LogP contribution in [0.5, 0.6) is 0 Å². The number of rotatable bonds is 4. The van der Waals surface area contributed by atoms with E-state index in [2.05, 4.69) is 5.32 Å². The number of hydrogen-bond acceptors (Lipinski definition) is 4. The molecule has 1 amide bonds. The molecule has 0 spiro atoms. The normalized spacial score (nSPS) is 11.2. The fourth-order valence-corrected chi connectivity index (χ4v) is 2.23. The van der Waals surface area contributed by atoms with E-state index in [9.17, 15) is 9.59 Å². The van der Waals surface area contributed by atoms with Gasteiger partial charge in [0.05, 0.1) is 17.2 Å². The summed E-state index contributed by atoms with van der Waals surface area (Å²) in [4.78, 5) is 24.3. The maximum atomic E-state index is 12.2. The molecule has 1 N–H and O–H groups in total. The summed E-state index contributed by atoms with van der Waals surface area (Å²) in [6, 6.07) is 13.9. The smallest absolute Gasteiger partial charge is 0.339 e. The van der Waals surface area contributed by atoms with E-state index in [1.54, 1.807) is 30.3 Å². The summed E-state index contributed by atoms with van der Waals surface area (Å²) in [7, 11) is 0. The number of esters is 1. The largest absolute Gasteiger partial charge is 0.449 e. The maximum Gasteiger partial charge on any atom is 0.339 e. The topological polar surface area (TPSA) is 79.2 Å². The van der Waals surface area contributed by atoms with Crippen LogP contribution in [-0.2, 0) is 9.53 Å². The van der Waals surface area contributed by atoms with Crippen LogP contribution in [0.25, 0.3) is 0 Å². The van der Waals surface area contributed by atoms with E-state index in [4.69, 9.17) is 10.00 Å². The molecule has 0 aromatic heterocycles. The molecule has 0 saturated heterocycles. The molecule has 5 nitrogen and oxygen atoms in total. The lowest BCUT2D eigenvalue weighted by atomic mass is 10.1. The Morgan fingerprint density at radius 3 is 2.58 bits per heavy atom. The molecule has 0 fully saturated rings. The minimum Gasteiger partial charge on any atom is -0.449 e. The Hall–Kier alpha value is -3.13. The van der Waals surface area contributed by atoms with Gasteiger partial charge in [-0.15, -0.1) is 0 Å². The number of hydrogen-bond donors (Lipinski definition) is 1. The molecule has 0 saturated carbocycles. The van der Waals surface area contributed by atoms with E-state index in [-0.39, 0.29) is 0 Å². The highest BCUT2D eigenvalue weighted by molar-refractivity contribution is 5.97. The van der Waals surface area contributed by atoms with Gasteiger partial charge in [-0.25, -0.2) is 4.79 Å². The second kappa shape index (κ2) is 7.42. The van der Waals surface area contributed by atoms with Crippen LogP contribution in [0.1, 0.15) is 34.0 Å². The molecule has 122 valence electrons. The summed E-state index contributed by atoms with van der Waals surface area (Å²) in [5.41, 5.74) is 3.20. The van der Waals surface area contributed by atoms with Crippen LogP contribution in [0, 0.1) is 25.2 Å². The fraction of sp³-hybridized carbons (Fsp3) is 0.211. The molecule has 0 aliphatic carbocycles. The van der Waals surface area contributed by atoms with Gasteiger partial charge in [0.25, 0.3) is 5.91 Å². The molecular weight excluding hydrogens is 304 g/mol. The molecule has 0 radical (unpaired) electrons. The maximum absolute atomic E-state index is 12.2. The molecule has 2 aromatic carbocycles. The van der Waals surface area contributed by atoms with Crippen molar-refractivity contribution in [3.63, 3.8) is 0 Å². The average molecular weight is 322 g/mol. The Morgan fingerprint density at radius 1 is 1.17 bits per heavy atom. The lowest BCUT2D eigenvalue weighted by Gasteiger charge is -2.14. The van der Waals surface area contributed by atoms with E-state index in [1.807, 2.05) is 32.0 Å². The quantitative estimate of drug-likeness (QED) is 0.875. The predicted octanol–water partition coefficient (Wildman–Crippen LogP) is 3.36. The number of carbonyl (C=O) groups excluding carboxylic acids is 2. The molecular formula is C19H18N2O3. The van der Waals surface area contributed by atoms with Crippen LogP contribution in [0.15, 0.2) is 42.5 Å². The van der Waals surface area contributed by atoms with Crippen molar-refractivity contribution in [2.45, 2.75) is 26.9 Å². The SMILES string of the molecule is Cc1ccc(C(=O)O[C@@H](C)C(=O)Nc2cccc(C#N)c2)c(C)c1. The van der Waals surface area contributed by atoms with Gasteiger partial charge in [-0.1, -0.05) is 23.8 Å². The third-order valence-electron chi connectivity index (χ3n) is 3.51. The number of ether oxygens (including phenoxy) is 1. The second-order valence-electron chi connectivity index (χ2n) is 5.55. The Bertz CT molecular complexity index is 822. The van der Waals surface area contributed by atoms with Gasteiger partial charge in [0.2, 0.25) is 0 Å². The minimum absolute atomic E-state index is 0.437. The van der Waals surface area contributed by atoms with Gasteiger partial charge in [0, 0.05) is 5.69 Å². The third kappa shape index (κ3) is 4.20. The predicted molar refractivity (Wildman–Crippen MR) is 90.6 cm³/mol. The van der Waals surface area contributed by atoms with Crippen molar-refractivity contribution in [3.8, 4) is 6.07 Å². The van der Waals surface area contributed by atoms with Crippen LogP contribution in [0.3, 0.4) is 0 Å². The zero-order valence-electron chi connectivity index (χ0n) is 13.8. The fourth-order valence-electron chi connectivity index (χ4n) is 2.23. The summed E-state index contributed by atoms with van der Waals surface area (Å²) in [5, 5.41) is 11.5. The van der Waals surface area contributed by atoms with Crippen LogP contribution < -0.4 is 5.32 Å². The Labute approximate surface area is 140 Å². The first kappa shape index (κ1) is 17.2. The molecule has 0 bridgehead atoms. The van der Waals surface area contributed by atoms with Gasteiger partial charge in [-0.2, -0.15) is 5.26 Å². The Balaban J connectivity index is 2.03. The van der Waals surface area contributed by atoms with Crippen LogP contribution in [-0.4, -0.2) is 18.0 Å². The molecule has 1 atom stereocenters. The Kier molecular flexibility index (Phi) is 5.33. The van der Waals surface area contributed by atoms with E-state index in [1.165, 1.54) is 6.92 Å². The highest BCUT2D eigenvalue weighted by Crippen LogP contribution is 2.14. The number of nitriles is 1.